The first kappa shape index (κ1) is 14.6. The lowest BCUT2D eigenvalue weighted by atomic mass is 9.93. The largest absolute Gasteiger partial charge is 0.485 e. The second-order valence-corrected chi connectivity index (χ2v) is 5.54. The van der Waals surface area contributed by atoms with Gasteiger partial charge in [-0.25, -0.2) is 0 Å². The summed E-state index contributed by atoms with van der Waals surface area (Å²) in [5.74, 6) is 0.898. The van der Waals surface area contributed by atoms with Crippen molar-refractivity contribution in [3.63, 3.8) is 0 Å². The maximum Gasteiger partial charge on any atom is 0.230 e. The minimum absolute atomic E-state index is 0.0551. The van der Waals surface area contributed by atoms with Crippen molar-refractivity contribution in [1.29, 1.82) is 0 Å². The number of hydrogen-bond acceptors (Lipinski definition) is 3. The van der Waals surface area contributed by atoms with Crippen molar-refractivity contribution in [2.75, 3.05) is 13.1 Å². The number of pyridine rings is 1. The average Bonchev–Trinajstić information content (AvgIpc) is 2.53. The molecular formula is C18H20N2O2. The van der Waals surface area contributed by atoms with Gasteiger partial charge in [0.25, 0.3) is 0 Å². The first-order chi connectivity index (χ1) is 10.8. The molecule has 2 heterocycles. The van der Waals surface area contributed by atoms with E-state index in [1.165, 1.54) is 0 Å². The summed E-state index contributed by atoms with van der Waals surface area (Å²) in [6.07, 6.45) is 4.30. The summed E-state index contributed by atoms with van der Waals surface area (Å²) in [7, 11) is 0. The lowest BCUT2D eigenvalue weighted by Gasteiger charge is -2.40. The third-order valence-corrected chi connectivity index (χ3v) is 4.01. The zero-order valence-electron chi connectivity index (χ0n) is 12.7. The van der Waals surface area contributed by atoms with Crippen LogP contribution in [-0.2, 0) is 4.79 Å². The van der Waals surface area contributed by atoms with Gasteiger partial charge in [0.2, 0.25) is 5.91 Å². The number of carbonyl (C=O) groups is 1. The number of hydrogen-bond donors (Lipinski definition) is 0. The Hall–Kier alpha value is -2.36. The Labute approximate surface area is 130 Å². The number of benzene rings is 1. The van der Waals surface area contributed by atoms with Crippen molar-refractivity contribution < 1.29 is 9.53 Å². The van der Waals surface area contributed by atoms with Crippen LogP contribution in [0, 0.1) is 0 Å². The normalized spacial score (nSPS) is 16.0. The van der Waals surface area contributed by atoms with E-state index in [9.17, 15) is 4.79 Å². The zero-order chi connectivity index (χ0) is 15.4. The number of carbonyl (C=O) groups excluding carboxylic acids is 1. The van der Waals surface area contributed by atoms with Crippen LogP contribution in [0.2, 0.25) is 0 Å². The Bertz CT molecular complexity index is 609. The van der Waals surface area contributed by atoms with Gasteiger partial charge in [-0.2, -0.15) is 0 Å². The lowest BCUT2D eigenvalue weighted by Crippen LogP contribution is -2.57. The lowest BCUT2D eigenvalue weighted by molar-refractivity contribution is -0.141. The monoisotopic (exact) mass is 296 g/mol. The first-order valence-corrected chi connectivity index (χ1v) is 7.68. The Morgan fingerprint density at radius 2 is 2.05 bits per heavy atom. The Kier molecular flexibility index (Phi) is 4.37. The molecule has 1 fully saturated rings. The number of nitrogens with zero attached hydrogens (tertiary/aromatic N) is 2. The first-order valence-electron chi connectivity index (χ1n) is 7.68. The van der Waals surface area contributed by atoms with E-state index in [1.54, 1.807) is 12.4 Å². The molecule has 4 nitrogen and oxygen atoms in total. The van der Waals surface area contributed by atoms with E-state index in [1.807, 2.05) is 47.4 Å². The van der Waals surface area contributed by atoms with E-state index in [2.05, 4.69) is 11.9 Å². The zero-order valence-corrected chi connectivity index (χ0v) is 12.7. The van der Waals surface area contributed by atoms with Gasteiger partial charge < -0.3 is 9.64 Å². The van der Waals surface area contributed by atoms with Gasteiger partial charge in [-0.1, -0.05) is 37.3 Å². The van der Waals surface area contributed by atoms with Crippen molar-refractivity contribution in [3.05, 3.63) is 60.4 Å². The van der Waals surface area contributed by atoms with E-state index >= 15 is 0 Å². The predicted molar refractivity (Wildman–Crippen MR) is 84.7 cm³/mol. The summed E-state index contributed by atoms with van der Waals surface area (Å²) in [5, 5.41) is 0. The standard InChI is InChI=1S/C18H20N2O2/c1-2-17(14-7-4-3-5-8-14)18(21)20-12-16(13-20)22-15-9-6-10-19-11-15/h3-11,16-17H,2,12-13H2,1H3/t17-/m1/s1. The molecular weight excluding hydrogens is 276 g/mol. The maximum absolute atomic E-state index is 12.6. The van der Waals surface area contributed by atoms with Gasteiger partial charge in [-0.3, -0.25) is 9.78 Å². The Morgan fingerprint density at radius 1 is 1.27 bits per heavy atom. The summed E-state index contributed by atoms with van der Waals surface area (Å²) >= 11 is 0. The van der Waals surface area contributed by atoms with Crippen LogP contribution in [0.25, 0.3) is 0 Å². The van der Waals surface area contributed by atoms with Crippen molar-refractivity contribution in [3.8, 4) is 5.75 Å². The molecule has 0 aliphatic carbocycles. The third-order valence-electron chi connectivity index (χ3n) is 4.01. The van der Waals surface area contributed by atoms with E-state index in [-0.39, 0.29) is 17.9 Å². The molecule has 0 bridgehead atoms. The highest BCUT2D eigenvalue weighted by Gasteiger charge is 2.35. The number of ether oxygens (including phenoxy) is 1. The molecule has 1 aromatic heterocycles. The number of aromatic nitrogens is 1. The molecule has 1 aliphatic rings. The van der Waals surface area contributed by atoms with E-state index in [0.29, 0.717) is 13.1 Å². The van der Waals surface area contributed by atoms with Gasteiger partial charge in [-0.15, -0.1) is 0 Å². The molecule has 1 atom stereocenters. The molecule has 0 radical (unpaired) electrons. The molecule has 1 aromatic carbocycles. The summed E-state index contributed by atoms with van der Waals surface area (Å²) in [4.78, 5) is 18.5. The van der Waals surface area contributed by atoms with Crippen LogP contribution in [0.15, 0.2) is 54.9 Å². The highest BCUT2D eigenvalue weighted by atomic mass is 16.5. The minimum Gasteiger partial charge on any atom is -0.485 e. The molecule has 1 saturated heterocycles. The SMILES string of the molecule is CC[C@@H](C(=O)N1CC(Oc2cccnc2)C1)c1ccccc1. The number of amides is 1. The number of rotatable bonds is 5. The van der Waals surface area contributed by atoms with Gasteiger partial charge in [-0.05, 0) is 24.1 Å². The molecule has 0 saturated carbocycles. The molecule has 1 amide bonds. The van der Waals surface area contributed by atoms with Crippen molar-refractivity contribution in [2.45, 2.75) is 25.4 Å². The topological polar surface area (TPSA) is 42.4 Å². The van der Waals surface area contributed by atoms with Crippen LogP contribution in [0.4, 0.5) is 0 Å². The second kappa shape index (κ2) is 6.60. The molecule has 22 heavy (non-hydrogen) atoms. The molecule has 1 aliphatic heterocycles. The van der Waals surface area contributed by atoms with Crippen molar-refractivity contribution >= 4 is 5.91 Å². The van der Waals surface area contributed by atoms with E-state index < -0.39 is 0 Å². The fourth-order valence-corrected chi connectivity index (χ4v) is 2.76. The quantitative estimate of drug-likeness (QED) is 0.852. The molecule has 0 N–H and O–H groups in total. The van der Waals surface area contributed by atoms with Gasteiger partial charge in [0.1, 0.15) is 11.9 Å². The minimum atomic E-state index is -0.0551. The van der Waals surface area contributed by atoms with Crippen LogP contribution < -0.4 is 4.74 Å². The molecule has 4 heteroatoms. The Morgan fingerprint density at radius 3 is 2.68 bits per heavy atom. The summed E-state index contributed by atoms with van der Waals surface area (Å²) in [6.45, 7) is 3.35. The molecule has 2 aromatic rings. The van der Waals surface area contributed by atoms with Crippen LogP contribution in [0.3, 0.4) is 0 Å². The summed E-state index contributed by atoms with van der Waals surface area (Å²) in [6, 6.07) is 13.7. The highest BCUT2D eigenvalue weighted by molar-refractivity contribution is 5.84. The van der Waals surface area contributed by atoms with Crippen LogP contribution in [0.5, 0.6) is 5.75 Å². The van der Waals surface area contributed by atoms with Crippen LogP contribution in [-0.4, -0.2) is 35.0 Å². The fourth-order valence-electron chi connectivity index (χ4n) is 2.76. The third kappa shape index (κ3) is 3.11. The molecule has 0 spiro atoms. The second-order valence-electron chi connectivity index (χ2n) is 5.54. The van der Waals surface area contributed by atoms with E-state index in [4.69, 9.17) is 4.74 Å². The molecule has 0 unspecified atom stereocenters. The highest BCUT2D eigenvalue weighted by Crippen LogP contribution is 2.26. The van der Waals surface area contributed by atoms with Crippen LogP contribution >= 0.6 is 0 Å². The fraction of sp³-hybridized carbons (Fsp3) is 0.333. The predicted octanol–water partition coefficient (Wildman–Crippen LogP) is 2.87. The van der Waals surface area contributed by atoms with Gasteiger partial charge in [0.15, 0.2) is 0 Å². The van der Waals surface area contributed by atoms with E-state index in [0.717, 1.165) is 17.7 Å². The summed E-state index contributed by atoms with van der Waals surface area (Å²) < 4.78 is 5.79. The van der Waals surface area contributed by atoms with Gasteiger partial charge in [0, 0.05) is 6.20 Å². The van der Waals surface area contributed by atoms with Gasteiger partial charge >= 0.3 is 0 Å². The molecule has 114 valence electrons. The Balaban J connectivity index is 1.56. The van der Waals surface area contributed by atoms with Gasteiger partial charge in [0.05, 0.1) is 25.2 Å². The maximum atomic E-state index is 12.6. The number of likely N-dealkylation sites (tertiary alicyclic amines) is 1. The molecule has 3 rings (SSSR count). The summed E-state index contributed by atoms with van der Waals surface area (Å²) in [5.41, 5.74) is 1.09. The smallest absolute Gasteiger partial charge is 0.230 e. The van der Waals surface area contributed by atoms with Crippen molar-refractivity contribution in [1.82, 2.24) is 9.88 Å². The van der Waals surface area contributed by atoms with Crippen molar-refractivity contribution in [2.24, 2.45) is 0 Å². The van der Waals surface area contributed by atoms with Crippen LogP contribution in [0.1, 0.15) is 24.8 Å². The average molecular weight is 296 g/mol.